The van der Waals surface area contributed by atoms with Gasteiger partial charge in [0.05, 0.1) is 0 Å². The number of thiol groups is 1. The van der Waals surface area contributed by atoms with Crippen LogP contribution in [0.5, 0.6) is 0 Å². The highest BCUT2D eigenvalue weighted by atomic mass is 32.1. The lowest BCUT2D eigenvalue weighted by Gasteiger charge is -2.01. The van der Waals surface area contributed by atoms with Gasteiger partial charge in [0.25, 0.3) is 0 Å². The quantitative estimate of drug-likeness (QED) is 0.346. The summed E-state index contributed by atoms with van der Waals surface area (Å²) in [6.07, 6.45) is 11.1. The van der Waals surface area contributed by atoms with E-state index in [9.17, 15) is 0 Å². The van der Waals surface area contributed by atoms with Gasteiger partial charge in [-0.05, 0) is 30.9 Å². The SMILES string of the molecule is CCCCC/C=C/C[C@H](C)CS. The number of hydrogen-bond acceptors (Lipinski definition) is 1. The molecule has 1 heteroatoms. The van der Waals surface area contributed by atoms with Crippen molar-refractivity contribution in [3.8, 4) is 0 Å². The summed E-state index contributed by atoms with van der Waals surface area (Å²) in [6.45, 7) is 4.48. The van der Waals surface area contributed by atoms with Gasteiger partial charge >= 0.3 is 0 Å². The molecule has 0 fully saturated rings. The van der Waals surface area contributed by atoms with Crippen molar-refractivity contribution in [2.75, 3.05) is 5.75 Å². The van der Waals surface area contributed by atoms with Gasteiger partial charge in [-0.1, -0.05) is 38.8 Å². The van der Waals surface area contributed by atoms with Gasteiger partial charge < -0.3 is 0 Å². The summed E-state index contributed by atoms with van der Waals surface area (Å²) in [7, 11) is 0. The van der Waals surface area contributed by atoms with Crippen LogP contribution in [0, 0.1) is 5.92 Å². The Balaban J connectivity index is 3.13. The summed E-state index contributed by atoms with van der Waals surface area (Å²) in [5.74, 6) is 1.73. The molecule has 72 valence electrons. The molecule has 0 spiro atoms. The van der Waals surface area contributed by atoms with E-state index in [-0.39, 0.29) is 0 Å². The lowest BCUT2D eigenvalue weighted by molar-refractivity contribution is 0.672. The summed E-state index contributed by atoms with van der Waals surface area (Å²) < 4.78 is 0. The lowest BCUT2D eigenvalue weighted by Crippen LogP contribution is -1.92. The van der Waals surface area contributed by atoms with Gasteiger partial charge in [0.2, 0.25) is 0 Å². The average molecular weight is 186 g/mol. The van der Waals surface area contributed by atoms with Crippen LogP contribution < -0.4 is 0 Å². The van der Waals surface area contributed by atoms with Crippen molar-refractivity contribution in [3.05, 3.63) is 12.2 Å². The first-order valence-electron chi connectivity index (χ1n) is 5.07. The lowest BCUT2D eigenvalue weighted by atomic mass is 10.1. The van der Waals surface area contributed by atoms with E-state index in [1.807, 2.05) is 0 Å². The molecule has 0 aliphatic rings. The molecule has 0 aromatic rings. The van der Waals surface area contributed by atoms with Crippen LogP contribution in [0.15, 0.2) is 12.2 Å². The van der Waals surface area contributed by atoms with Crippen LogP contribution in [0.3, 0.4) is 0 Å². The fourth-order valence-electron chi connectivity index (χ4n) is 1.03. The van der Waals surface area contributed by atoms with Crippen LogP contribution in [0.4, 0.5) is 0 Å². The summed E-state index contributed by atoms with van der Waals surface area (Å²) in [6, 6.07) is 0. The third kappa shape index (κ3) is 8.19. The van der Waals surface area contributed by atoms with Crippen molar-refractivity contribution in [2.45, 2.75) is 46.0 Å². The minimum atomic E-state index is 0.732. The van der Waals surface area contributed by atoms with Gasteiger partial charge in [0, 0.05) is 0 Å². The molecule has 12 heavy (non-hydrogen) atoms. The molecule has 0 bridgehead atoms. The topological polar surface area (TPSA) is 0 Å². The molecule has 0 N–H and O–H groups in total. The minimum absolute atomic E-state index is 0.732. The predicted octanol–water partition coefficient (Wildman–Crippen LogP) is 4.08. The van der Waals surface area contributed by atoms with Gasteiger partial charge in [-0.2, -0.15) is 12.6 Å². The smallest absolute Gasteiger partial charge is 0.00692 e. The highest BCUT2D eigenvalue weighted by molar-refractivity contribution is 7.80. The Bertz CT molecular complexity index is 108. The van der Waals surface area contributed by atoms with E-state index >= 15 is 0 Å². The van der Waals surface area contributed by atoms with Crippen molar-refractivity contribution >= 4 is 12.6 Å². The first-order valence-corrected chi connectivity index (χ1v) is 5.70. The fraction of sp³-hybridized carbons (Fsp3) is 0.818. The Morgan fingerprint density at radius 2 is 2.00 bits per heavy atom. The monoisotopic (exact) mass is 186 g/mol. The van der Waals surface area contributed by atoms with Crippen LogP contribution in [-0.2, 0) is 0 Å². The van der Waals surface area contributed by atoms with Crippen molar-refractivity contribution in [1.82, 2.24) is 0 Å². The van der Waals surface area contributed by atoms with Gasteiger partial charge in [0.15, 0.2) is 0 Å². The molecule has 0 aliphatic carbocycles. The second kappa shape index (κ2) is 9.18. The minimum Gasteiger partial charge on any atom is -0.179 e. The molecule has 0 saturated carbocycles. The Hall–Kier alpha value is 0.0900. The second-order valence-corrected chi connectivity index (χ2v) is 3.86. The Kier molecular flexibility index (Phi) is 9.25. The molecular formula is C11H22S. The van der Waals surface area contributed by atoms with E-state index in [4.69, 9.17) is 0 Å². The summed E-state index contributed by atoms with van der Waals surface area (Å²) in [5, 5.41) is 0. The van der Waals surface area contributed by atoms with Crippen LogP contribution in [-0.4, -0.2) is 5.75 Å². The van der Waals surface area contributed by atoms with Crippen LogP contribution >= 0.6 is 12.6 Å². The highest BCUT2D eigenvalue weighted by Crippen LogP contribution is 2.06. The van der Waals surface area contributed by atoms with Gasteiger partial charge in [0.1, 0.15) is 0 Å². The van der Waals surface area contributed by atoms with Gasteiger partial charge in [-0.15, -0.1) is 0 Å². The maximum Gasteiger partial charge on any atom is -0.00692 e. The number of hydrogen-bond donors (Lipinski definition) is 1. The van der Waals surface area contributed by atoms with E-state index in [0.29, 0.717) is 0 Å². The van der Waals surface area contributed by atoms with E-state index in [1.54, 1.807) is 0 Å². The molecule has 0 unspecified atom stereocenters. The summed E-state index contributed by atoms with van der Waals surface area (Å²) in [5.41, 5.74) is 0. The third-order valence-corrected chi connectivity index (χ3v) is 2.61. The molecular weight excluding hydrogens is 164 g/mol. The molecule has 0 radical (unpaired) electrons. The largest absolute Gasteiger partial charge is 0.179 e. The number of unbranched alkanes of at least 4 members (excludes halogenated alkanes) is 3. The third-order valence-electron chi connectivity index (χ3n) is 1.99. The molecule has 0 rings (SSSR count). The molecule has 0 aromatic carbocycles. The first-order chi connectivity index (χ1) is 5.81. The molecule has 0 aromatic heterocycles. The van der Waals surface area contributed by atoms with Crippen molar-refractivity contribution in [2.24, 2.45) is 5.92 Å². The molecule has 0 aliphatic heterocycles. The molecule has 0 saturated heterocycles. The van der Waals surface area contributed by atoms with Crippen LogP contribution in [0.2, 0.25) is 0 Å². The first kappa shape index (κ1) is 12.1. The van der Waals surface area contributed by atoms with E-state index in [1.165, 1.54) is 32.1 Å². The molecule has 0 heterocycles. The number of allylic oxidation sites excluding steroid dienone is 2. The Morgan fingerprint density at radius 3 is 2.58 bits per heavy atom. The normalized spacial score (nSPS) is 13.9. The number of rotatable bonds is 7. The average Bonchev–Trinajstić information content (AvgIpc) is 2.10. The molecule has 1 atom stereocenters. The summed E-state index contributed by atoms with van der Waals surface area (Å²) in [4.78, 5) is 0. The van der Waals surface area contributed by atoms with Crippen molar-refractivity contribution in [1.29, 1.82) is 0 Å². The molecule has 0 nitrogen and oxygen atoms in total. The zero-order valence-corrected chi connectivity index (χ0v) is 9.32. The van der Waals surface area contributed by atoms with Crippen molar-refractivity contribution in [3.63, 3.8) is 0 Å². The zero-order chi connectivity index (χ0) is 9.23. The predicted molar refractivity (Wildman–Crippen MR) is 60.9 cm³/mol. The van der Waals surface area contributed by atoms with E-state index in [0.717, 1.165) is 11.7 Å². The zero-order valence-electron chi connectivity index (χ0n) is 8.42. The fourth-order valence-corrected chi connectivity index (χ4v) is 1.18. The van der Waals surface area contributed by atoms with Crippen LogP contribution in [0.1, 0.15) is 46.0 Å². The van der Waals surface area contributed by atoms with Crippen LogP contribution in [0.25, 0.3) is 0 Å². The molecule has 0 amide bonds. The maximum absolute atomic E-state index is 4.24. The second-order valence-electron chi connectivity index (χ2n) is 3.49. The summed E-state index contributed by atoms with van der Waals surface area (Å²) >= 11 is 4.24. The standard InChI is InChI=1S/C11H22S/c1-3-4-5-6-7-8-9-11(2)10-12/h7-8,11-12H,3-6,9-10H2,1-2H3/b8-7+/t11-/m0/s1. The Morgan fingerprint density at radius 1 is 1.25 bits per heavy atom. The Labute approximate surface area is 82.9 Å². The van der Waals surface area contributed by atoms with E-state index in [2.05, 4.69) is 38.6 Å². The van der Waals surface area contributed by atoms with Gasteiger partial charge in [-0.3, -0.25) is 0 Å². The van der Waals surface area contributed by atoms with Crippen molar-refractivity contribution < 1.29 is 0 Å². The maximum atomic E-state index is 4.24. The van der Waals surface area contributed by atoms with E-state index < -0.39 is 0 Å². The highest BCUT2D eigenvalue weighted by Gasteiger charge is 1.93. The van der Waals surface area contributed by atoms with Gasteiger partial charge in [-0.25, -0.2) is 0 Å².